The zero-order valence-corrected chi connectivity index (χ0v) is 20.4. The van der Waals surface area contributed by atoms with E-state index in [4.69, 9.17) is 9.72 Å². The molecule has 5 nitrogen and oxygen atoms in total. The molecule has 0 spiro atoms. The van der Waals surface area contributed by atoms with E-state index < -0.39 is 5.97 Å². The molecule has 0 aliphatic heterocycles. The average Bonchev–Trinajstić information content (AvgIpc) is 3.33. The molecule has 0 unspecified atom stereocenters. The number of para-hydroxylation sites is 1. The highest BCUT2D eigenvalue weighted by molar-refractivity contribution is 7.21. The van der Waals surface area contributed by atoms with Crippen molar-refractivity contribution in [3.05, 3.63) is 54.1 Å². The number of carbonyl (C=O) groups excluding carboxylic acids is 2. The lowest BCUT2D eigenvalue weighted by atomic mass is 9.88. The van der Waals surface area contributed by atoms with Crippen LogP contribution in [0.1, 0.15) is 74.6 Å². The van der Waals surface area contributed by atoms with Crippen molar-refractivity contribution < 1.29 is 14.3 Å². The van der Waals surface area contributed by atoms with E-state index in [2.05, 4.69) is 4.90 Å². The number of nitrogens with zero attached hydrogens (tertiary/aromatic N) is 2. The lowest BCUT2D eigenvalue weighted by molar-refractivity contribution is -0.141. The van der Waals surface area contributed by atoms with Crippen LogP contribution >= 0.6 is 11.3 Å². The van der Waals surface area contributed by atoms with Gasteiger partial charge in [0.1, 0.15) is 5.01 Å². The van der Waals surface area contributed by atoms with Gasteiger partial charge in [0.05, 0.1) is 15.8 Å². The van der Waals surface area contributed by atoms with E-state index in [9.17, 15) is 9.59 Å². The van der Waals surface area contributed by atoms with Crippen LogP contribution in [0.25, 0.3) is 20.8 Å². The summed E-state index contributed by atoms with van der Waals surface area (Å²) in [5.41, 5.74) is 2.12. The van der Waals surface area contributed by atoms with Crippen molar-refractivity contribution >= 4 is 33.4 Å². The number of esters is 1. The molecule has 2 aliphatic rings. The molecule has 2 aromatic carbocycles. The van der Waals surface area contributed by atoms with Gasteiger partial charge in [-0.15, -0.1) is 11.3 Å². The maximum absolute atomic E-state index is 13.4. The molecular formula is C28H32N2O3S. The largest absolute Gasteiger partial charge is 0.452 e. The fourth-order valence-corrected chi connectivity index (χ4v) is 6.54. The summed E-state index contributed by atoms with van der Waals surface area (Å²) in [5, 5.41) is 0.783. The van der Waals surface area contributed by atoms with Crippen molar-refractivity contribution in [2.24, 2.45) is 0 Å². The minimum atomic E-state index is -0.463. The zero-order valence-electron chi connectivity index (χ0n) is 19.6. The summed E-state index contributed by atoms with van der Waals surface area (Å²) in [6, 6.07) is 15.9. The molecule has 0 saturated heterocycles. The van der Waals surface area contributed by atoms with Crippen molar-refractivity contribution in [2.45, 2.75) is 76.3 Å². The number of rotatable bonds is 6. The second-order valence-corrected chi connectivity index (χ2v) is 10.5. The predicted molar refractivity (Wildman–Crippen MR) is 136 cm³/mol. The number of aromatic nitrogens is 1. The van der Waals surface area contributed by atoms with Gasteiger partial charge in [-0.05, 0) is 43.9 Å². The van der Waals surface area contributed by atoms with E-state index in [0.29, 0.717) is 5.56 Å². The molecular weight excluding hydrogens is 444 g/mol. The molecule has 2 fully saturated rings. The Morgan fingerprint density at radius 3 is 2.15 bits per heavy atom. The Balaban J connectivity index is 1.31. The van der Waals surface area contributed by atoms with Gasteiger partial charge in [-0.1, -0.05) is 68.9 Å². The summed E-state index contributed by atoms with van der Waals surface area (Å²) in [4.78, 5) is 33.3. The van der Waals surface area contributed by atoms with E-state index in [1.54, 1.807) is 17.4 Å². The van der Waals surface area contributed by atoms with Crippen LogP contribution in [0.2, 0.25) is 0 Å². The third-order valence-electron chi connectivity index (χ3n) is 7.22. The predicted octanol–water partition coefficient (Wildman–Crippen LogP) is 6.61. The maximum atomic E-state index is 13.4. The lowest BCUT2D eigenvalue weighted by Crippen LogP contribution is -2.50. The summed E-state index contributed by atoms with van der Waals surface area (Å²) in [6.07, 6.45) is 11.5. The number of thiazole rings is 1. The normalized spacial score (nSPS) is 17.5. The van der Waals surface area contributed by atoms with Crippen LogP contribution in [0.4, 0.5) is 0 Å². The Kier molecular flexibility index (Phi) is 7.24. The molecule has 34 heavy (non-hydrogen) atoms. The maximum Gasteiger partial charge on any atom is 0.339 e. The molecule has 6 heteroatoms. The number of fused-ring (bicyclic) bond motifs is 1. The first-order chi connectivity index (χ1) is 16.7. The molecule has 1 aromatic heterocycles. The molecule has 1 heterocycles. The highest BCUT2D eigenvalue weighted by Crippen LogP contribution is 2.33. The summed E-state index contributed by atoms with van der Waals surface area (Å²) in [5.74, 6) is -0.500. The van der Waals surface area contributed by atoms with Gasteiger partial charge in [0.25, 0.3) is 5.91 Å². The summed E-state index contributed by atoms with van der Waals surface area (Å²) in [6.45, 7) is -0.194. The van der Waals surface area contributed by atoms with Crippen molar-refractivity contribution in [1.82, 2.24) is 9.88 Å². The minimum absolute atomic E-state index is 0.0374. The minimum Gasteiger partial charge on any atom is -0.452 e. The molecule has 0 radical (unpaired) electrons. The van der Waals surface area contributed by atoms with Crippen LogP contribution in [0, 0.1) is 0 Å². The SMILES string of the molecule is O=C(OCC(=O)N(C1CCCCC1)C1CCCCC1)c1ccccc1-c1nc2ccccc2s1. The van der Waals surface area contributed by atoms with E-state index in [1.165, 1.54) is 38.5 Å². The highest BCUT2D eigenvalue weighted by Gasteiger charge is 2.33. The Hall–Kier alpha value is -2.73. The van der Waals surface area contributed by atoms with Crippen LogP contribution in [0.15, 0.2) is 48.5 Å². The van der Waals surface area contributed by atoms with Gasteiger partial charge in [0.15, 0.2) is 6.61 Å². The quantitative estimate of drug-likeness (QED) is 0.375. The van der Waals surface area contributed by atoms with Gasteiger partial charge in [0.2, 0.25) is 0 Å². The Morgan fingerprint density at radius 1 is 0.853 bits per heavy atom. The fourth-order valence-electron chi connectivity index (χ4n) is 5.54. The standard InChI is InChI=1S/C28H32N2O3S/c31-26(30(20-11-3-1-4-12-20)21-13-5-2-6-14-21)19-33-28(32)23-16-8-7-15-22(23)27-29-24-17-9-10-18-25(24)34-27/h7-10,15-18,20-21H,1-6,11-14,19H2. The van der Waals surface area contributed by atoms with Crippen LogP contribution in [-0.2, 0) is 9.53 Å². The molecule has 2 saturated carbocycles. The molecule has 5 rings (SSSR count). The summed E-state index contributed by atoms with van der Waals surface area (Å²) >= 11 is 1.55. The second-order valence-electron chi connectivity index (χ2n) is 9.49. The highest BCUT2D eigenvalue weighted by atomic mass is 32.1. The first kappa shape index (κ1) is 23.0. The van der Waals surface area contributed by atoms with Gasteiger partial charge in [-0.25, -0.2) is 9.78 Å². The lowest BCUT2D eigenvalue weighted by Gasteiger charge is -2.41. The van der Waals surface area contributed by atoms with E-state index >= 15 is 0 Å². The second kappa shape index (κ2) is 10.7. The van der Waals surface area contributed by atoms with Gasteiger partial charge in [0, 0.05) is 17.6 Å². The van der Waals surface area contributed by atoms with E-state index in [1.807, 2.05) is 42.5 Å². The van der Waals surface area contributed by atoms with Gasteiger partial charge >= 0.3 is 5.97 Å². The van der Waals surface area contributed by atoms with Crippen LogP contribution in [0.5, 0.6) is 0 Å². The van der Waals surface area contributed by atoms with Crippen LogP contribution < -0.4 is 0 Å². The summed E-state index contributed by atoms with van der Waals surface area (Å²) in [7, 11) is 0. The number of hydrogen-bond donors (Lipinski definition) is 0. The van der Waals surface area contributed by atoms with Crippen LogP contribution in [0.3, 0.4) is 0 Å². The first-order valence-electron chi connectivity index (χ1n) is 12.6. The number of carbonyl (C=O) groups is 2. The monoisotopic (exact) mass is 476 g/mol. The van der Waals surface area contributed by atoms with Crippen molar-refractivity contribution in [2.75, 3.05) is 6.61 Å². The molecule has 0 atom stereocenters. The Morgan fingerprint density at radius 2 is 1.47 bits per heavy atom. The molecule has 1 amide bonds. The van der Waals surface area contributed by atoms with Gasteiger partial charge < -0.3 is 9.64 Å². The van der Waals surface area contributed by atoms with Crippen molar-refractivity contribution in [1.29, 1.82) is 0 Å². The van der Waals surface area contributed by atoms with Crippen molar-refractivity contribution in [3.63, 3.8) is 0 Å². The third kappa shape index (κ3) is 5.02. The number of amides is 1. The zero-order chi connectivity index (χ0) is 23.3. The first-order valence-corrected chi connectivity index (χ1v) is 13.5. The molecule has 0 N–H and O–H groups in total. The molecule has 3 aromatic rings. The number of benzene rings is 2. The van der Waals surface area contributed by atoms with Gasteiger partial charge in [-0.2, -0.15) is 0 Å². The van der Waals surface area contributed by atoms with E-state index in [-0.39, 0.29) is 24.6 Å². The molecule has 178 valence electrons. The summed E-state index contributed by atoms with van der Waals surface area (Å²) < 4.78 is 6.71. The fraction of sp³-hybridized carbons (Fsp3) is 0.464. The van der Waals surface area contributed by atoms with Crippen molar-refractivity contribution in [3.8, 4) is 10.6 Å². The smallest absolute Gasteiger partial charge is 0.339 e. The number of hydrogen-bond acceptors (Lipinski definition) is 5. The van der Waals surface area contributed by atoms with E-state index in [0.717, 1.165) is 46.5 Å². The average molecular weight is 477 g/mol. The van der Waals surface area contributed by atoms with Gasteiger partial charge in [-0.3, -0.25) is 4.79 Å². The third-order valence-corrected chi connectivity index (χ3v) is 8.29. The molecule has 2 aliphatic carbocycles. The number of ether oxygens (including phenoxy) is 1. The Bertz CT molecular complexity index is 1090. The topological polar surface area (TPSA) is 59.5 Å². The Labute approximate surface area is 205 Å². The molecule has 0 bridgehead atoms. The van der Waals surface area contributed by atoms with Crippen LogP contribution in [-0.4, -0.2) is 40.5 Å².